The van der Waals surface area contributed by atoms with Crippen molar-refractivity contribution in [2.45, 2.75) is 25.4 Å². The second-order valence-electron chi connectivity index (χ2n) is 3.90. The minimum absolute atomic E-state index is 0.124. The van der Waals surface area contributed by atoms with Crippen molar-refractivity contribution in [1.29, 1.82) is 0 Å². The van der Waals surface area contributed by atoms with Crippen LogP contribution in [0.4, 0.5) is 0 Å². The molecule has 1 aromatic carbocycles. The van der Waals surface area contributed by atoms with Gasteiger partial charge in [-0.25, -0.2) is 0 Å². The summed E-state index contributed by atoms with van der Waals surface area (Å²) in [4.78, 5) is 0. The molecule has 1 nitrogen and oxygen atoms in total. The molecular formula is C12H15BrOS. The topological polar surface area (TPSA) is 20.2 Å². The Balaban J connectivity index is 2.19. The summed E-state index contributed by atoms with van der Waals surface area (Å²) >= 11 is 5.66. The van der Waals surface area contributed by atoms with Gasteiger partial charge in [0.15, 0.2) is 0 Å². The van der Waals surface area contributed by atoms with Gasteiger partial charge in [0.1, 0.15) is 0 Å². The summed E-state index contributed by atoms with van der Waals surface area (Å²) in [5, 5.41) is 9.04. The smallest absolute Gasteiger partial charge is 0.0682 e. The Morgan fingerprint density at radius 3 is 2.67 bits per heavy atom. The maximum atomic E-state index is 9.04. The normalized spacial score (nSPS) is 18.0. The van der Waals surface area contributed by atoms with Gasteiger partial charge in [-0.05, 0) is 47.5 Å². The summed E-state index contributed by atoms with van der Waals surface area (Å²) in [6.07, 6.45) is 2.56. The van der Waals surface area contributed by atoms with Crippen LogP contribution in [0.2, 0.25) is 0 Å². The molecule has 15 heavy (non-hydrogen) atoms. The van der Waals surface area contributed by atoms with E-state index in [4.69, 9.17) is 5.11 Å². The zero-order valence-electron chi connectivity index (χ0n) is 8.58. The van der Waals surface area contributed by atoms with E-state index in [9.17, 15) is 0 Å². The molecular weight excluding hydrogens is 272 g/mol. The second-order valence-corrected chi connectivity index (χ2v) is 5.98. The highest BCUT2D eigenvalue weighted by atomic mass is 79.9. The van der Waals surface area contributed by atoms with E-state index in [2.05, 4.69) is 33.8 Å². The predicted octanol–water partition coefficient (Wildman–Crippen LogP) is 3.55. The first-order chi connectivity index (χ1) is 7.31. The Kier molecular flexibility index (Phi) is 4.12. The monoisotopic (exact) mass is 286 g/mol. The van der Waals surface area contributed by atoms with Gasteiger partial charge >= 0.3 is 0 Å². The Labute approximate surface area is 103 Å². The van der Waals surface area contributed by atoms with Crippen molar-refractivity contribution in [3.63, 3.8) is 0 Å². The first-order valence-electron chi connectivity index (χ1n) is 5.28. The van der Waals surface area contributed by atoms with E-state index in [1.54, 1.807) is 0 Å². The van der Waals surface area contributed by atoms with Gasteiger partial charge in [0, 0.05) is 4.47 Å². The fourth-order valence-electron chi connectivity index (χ4n) is 2.01. The van der Waals surface area contributed by atoms with Gasteiger partial charge in [0.2, 0.25) is 0 Å². The van der Waals surface area contributed by atoms with E-state index < -0.39 is 0 Å². The summed E-state index contributed by atoms with van der Waals surface area (Å²) < 4.78 is 1.16. The summed E-state index contributed by atoms with van der Waals surface area (Å²) in [5.41, 5.74) is 2.39. The minimum atomic E-state index is 0.124. The third kappa shape index (κ3) is 2.77. The summed E-state index contributed by atoms with van der Waals surface area (Å²) in [6.45, 7) is 0.124. The van der Waals surface area contributed by atoms with Gasteiger partial charge in [-0.2, -0.15) is 11.8 Å². The van der Waals surface area contributed by atoms with Gasteiger partial charge in [-0.1, -0.05) is 28.1 Å². The Bertz CT molecular complexity index is 334. The van der Waals surface area contributed by atoms with Crippen LogP contribution < -0.4 is 0 Å². The maximum absolute atomic E-state index is 9.04. The largest absolute Gasteiger partial charge is 0.392 e. The highest BCUT2D eigenvalue weighted by Gasteiger charge is 2.17. The molecule has 0 saturated carbocycles. The van der Waals surface area contributed by atoms with E-state index in [0.717, 1.165) is 10.0 Å². The van der Waals surface area contributed by atoms with E-state index >= 15 is 0 Å². The number of benzene rings is 1. The quantitative estimate of drug-likeness (QED) is 0.897. The van der Waals surface area contributed by atoms with Crippen LogP contribution in [0.25, 0.3) is 0 Å². The molecule has 1 aliphatic heterocycles. The van der Waals surface area contributed by atoms with Gasteiger partial charge in [0.25, 0.3) is 0 Å². The molecule has 1 heterocycles. The van der Waals surface area contributed by atoms with Crippen molar-refractivity contribution in [2.75, 3.05) is 11.5 Å². The van der Waals surface area contributed by atoms with E-state index in [1.807, 2.05) is 12.1 Å². The van der Waals surface area contributed by atoms with Gasteiger partial charge in [-0.15, -0.1) is 0 Å². The molecule has 0 spiro atoms. The lowest BCUT2D eigenvalue weighted by molar-refractivity contribution is 0.281. The van der Waals surface area contributed by atoms with E-state index in [-0.39, 0.29) is 6.61 Å². The van der Waals surface area contributed by atoms with Crippen LogP contribution in [0.3, 0.4) is 0 Å². The minimum Gasteiger partial charge on any atom is -0.392 e. The molecule has 0 unspecified atom stereocenters. The zero-order chi connectivity index (χ0) is 10.7. The lowest BCUT2D eigenvalue weighted by Crippen LogP contribution is -2.08. The number of hydrogen-bond donors (Lipinski definition) is 1. The average Bonchev–Trinajstić information content (AvgIpc) is 2.30. The van der Waals surface area contributed by atoms with Gasteiger partial charge in [0.05, 0.1) is 6.61 Å². The molecule has 0 bridgehead atoms. The number of hydrogen-bond acceptors (Lipinski definition) is 2. The Morgan fingerprint density at radius 2 is 2.07 bits per heavy atom. The molecule has 1 fully saturated rings. The third-order valence-corrected chi connectivity index (χ3v) is 4.64. The number of aliphatic hydroxyl groups excluding tert-OH is 1. The average molecular weight is 287 g/mol. The number of thioether (sulfide) groups is 1. The number of halogens is 1. The fraction of sp³-hybridized carbons (Fsp3) is 0.500. The van der Waals surface area contributed by atoms with Gasteiger partial charge in [-0.3, -0.25) is 0 Å². The van der Waals surface area contributed by atoms with Crippen molar-refractivity contribution < 1.29 is 5.11 Å². The molecule has 0 radical (unpaired) electrons. The molecule has 2 rings (SSSR count). The second kappa shape index (κ2) is 5.37. The molecule has 1 aromatic rings. The van der Waals surface area contributed by atoms with Crippen molar-refractivity contribution in [2.24, 2.45) is 0 Å². The lowest BCUT2D eigenvalue weighted by atomic mass is 9.93. The van der Waals surface area contributed by atoms with Crippen LogP contribution in [0.5, 0.6) is 0 Å². The van der Waals surface area contributed by atoms with Crippen molar-refractivity contribution in [1.82, 2.24) is 0 Å². The number of aliphatic hydroxyl groups is 1. The van der Waals surface area contributed by atoms with Crippen LogP contribution in [-0.2, 0) is 6.61 Å². The third-order valence-electron chi connectivity index (χ3n) is 2.91. The summed E-state index contributed by atoms with van der Waals surface area (Å²) in [7, 11) is 0. The highest BCUT2D eigenvalue weighted by molar-refractivity contribution is 9.10. The molecule has 1 N–H and O–H groups in total. The lowest BCUT2D eigenvalue weighted by Gasteiger charge is -2.23. The van der Waals surface area contributed by atoms with Crippen LogP contribution >= 0.6 is 27.7 Å². The standard InChI is InChI=1S/C12H15BrOS/c13-12-7-9(8-14)1-2-11(12)10-3-5-15-6-4-10/h1-2,7,10,14H,3-6,8H2. The molecule has 0 amide bonds. The first kappa shape index (κ1) is 11.5. The van der Waals surface area contributed by atoms with Crippen LogP contribution in [0.1, 0.15) is 29.9 Å². The zero-order valence-corrected chi connectivity index (χ0v) is 11.0. The van der Waals surface area contributed by atoms with Crippen LogP contribution in [0, 0.1) is 0 Å². The molecule has 1 saturated heterocycles. The molecule has 0 aromatic heterocycles. The Morgan fingerprint density at radius 1 is 1.33 bits per heavy atom. The van der Waals surface area contributed by atoms with Crippen LogP contribution in [0.15, 0.2) is 22.7 Å². The molecule has 0 atom stereocenters. The van der Waals surface area contributed by atoms with Gasteiger partial charge < -0.3 is 5.11 Å². The van der Waals surface area contributed by atoms with E-state index in [1.165, 1.54) is 29.9 Å². The fourth-order valence-corrected chi connectivity index (χ4v) is 3.87. The Hall–Kier alpha value is 0.01000. The summed E-state index contributed by atoms with van der Waals surface area (Å²) in [6, 6.07) is 6.23. The van der Waals surface area contributed by atoms with E-state index in [0.29, 0.717) is 5.92 Å². The van der Waals surface area contributed by atoms with Crippen molar-refractivity contribution in [3.05, 3.63) is 33.8 Å². The van der Waals surface area contributed by atoms with Crippen molar-refractivity contribution in [3.8, 4) is 0 Å². The molecule has 0 aliphatic carbocycles. The SMILES string of the molecule is OCc1ccc(C2CCSCC2)c(Br)c1. The summed E-state index contributed by atoms with van der Waals surface area (Å²) in [5.74, 6) is 3.26. The van der Waals surface area contributed by atoms with Crippen molar-refractivity contribution >= 4 is 27.7 Å². The van der Waals surface area contributed by atoms with Crippen LogP contribution in [-0.4, -0.2) is 16.6 Å². The molecule has 1 aliphatic rings. The molecule has 3 heteroatoms. The number of rotatable bonds is 2. The first-order valence-corrected chi connectivity index (χ1v) is 7.23. The highest BCUT2D eigenvalue weighted by Crippen LogP contribution is 2.35. The molecule has 82 valence electrons. The predicted molar refractivity (Wildman–Crippen MR) is 69.4 cm³/mol. The maximum Gasteiger partial charge on any atom is 0.0682 e.